The van der Waals surface area contributed by atoms with Crippen LogP contribution in [0.3, 0.4) is 0 Å². The summed E-state index contributed by atoms with van der Waals surface area (Å²) in [5.74, 6) is -16.3. The van der Waals surface area contributed by atoms with E-state index in [0.29, 0.717) is 35.7 Å². The Morgan fingerprint density at radius 1 is 0.635 bits per heavy atom. The van der Waals surface area contributed by atoms with Gasteiger partial charge in [0, 0.05) is 44.0 Å². The Labute approximate surface area is 366 Å². The van der Waals surface area contributed by atoms with Gasteiger partial charge in [0.1, 0.15) is 24.2 Å². The molecule has 13 nitrogen and oxygen atoms in total. The summed E-state index contributed by atoms with van der Waals surface area (Å²) >= 11 is 2.68. The fraction of sp³-hybridized carbons (Fsp3) is 0.372. The quantitative estimate of drug-likeness (QED) is 0.0265. The minimum absolute atomic E-state index is 0.0214. The van der Waals surface area contributed by atoms with Crippen LogP contribution in [-0.4, -0.2) is 78.9 Å². The zero-order valence-corrected chi connectivity index (χ0v) is 35.5. The average molecular weight is 915 g/mol. The molecular formula is C43H47F5N8O5S2. The van der Waals surface area contributed by atoms with E-state index in [1.807, 2.05) is 42.5 Å². The van der Waals surface area contributed by atoms with E-state index in [1.54, 1.807) is 18.2 Å². The molecule has 1 saturated heterocycles. The van der Waals surface area contributed by atoms with Crippen LogP contribution in [0, 0.1) is 29.1 Å². The molecule has 5 amide bonds. The maximum absolute atomic E-state index is 15.1. The number of thiophene rings is 2. The van der Waals surface area contributed by atoms with Gasteiger partial charge in [-0.25, -0.2) is 22.0 Å². The highest BCUT2D eigenvalue weighted by molar-refractivity contribution is 7.19. The van der Waals surface area contributed by atoms with E-state index in [2.05, 4.69) is 26.6 Å². The van der Waals surface area contributed by atoms with Crippen LogP contribution < -0.4 is 43.8 Å². The predicted molar refractivity (Wildman–Crippen MR) is 230 cm³/mol. The van der Waals surface area contributed by atoms with Gasteiger partial charge in [-0.2, -0.15) is 0 Å². The number of fused-ring (bicyclic) bond motifs is 2. The van der Waals surface area contributed by atoms with Crippen LogP contribution in [0.15, 0.2) is 60.7 Å². The van der Waals surface area contributed by atoms with Gasteiger partial charge in [0.25, 0.3) is 0 Å². The summed E-state index contributed by atoms with van der Waals surface area (Å²) in [4.78, 5) is 70.3. The van der Waals surface area contributed by atoms with E-state index in [9.17, 15) is 37.1 Å². The van der Waals surface area contributed by atoms with Crippen LogP contribution >= 0.6 is 22.7 Å². The zero-order valence-electron chi connectivity index (χ0n) is 33.8. The molecule has 0 aliphatic carbocycles. The first-order valence-corrected chi connectivity index (χ1v) is 21.9. The van der Waals surface area contributed by atoms with Gasteiger partial charge < -0.3 is 43.8 Å². The summed E-state index contributed by atoms with van der Waals surface area (Å²) in [6, 6.07) is 12.1. The van der Waals surface area contributed by atoms with E-state index in [-0.39, 0.29) is 38.6 Å². The topological polar surface area (TPSA) is 224 Å². The molecule has 1 aliphatic heterocycles. The monoisotopic (exact) mass is 914 g/mol. The average Bonchev–Trinajstić information content (AvgIpc) is 3.88. The molecule has 0 unspecified atom stereocenters. The van der Waals surface area contributed by atoms with Gasteiger partial charge in [0.15, 0.2) is 23.3 Å². The van der Waals surface area contributed by atoms with Crippen molar-refractivity contribution >= 4 is 72.4 Å². The third-order valence-corrected chi connectivity index (χ3v) is 13.2. The fourth-order valence-electron chi connectivity index (χ4n) is 7.34. The summed E-state index contributed by atoms with van der Waals surface area (Å²) in [5.41, 5.74) is 14.9. The molecule has 3 heterocycles. The van der Waals surface area contributed by atoms with Gasteiger partial charge in [0.2, 0.25) is 35.4 Å². The molecule has 336 valence electrons. The van der Waals surface area contributed by atoms with E-state index < -0.39 is 100 Å². The molecular weight excluding hydrogens is 868 g/mol. The van der Waals surface area contributed by atoms with Crippen LogP contribution in [0.1, 0.15) is 47.4 Å². The van der Waals surface area contributed by atoms with E-state index in [1.165, 1.54) is 22.7 Å². The second-order valence-corrected chi connectivity index (χ2v) is 17.8. The number of amides is 5. The van der Waals surface area contributed by atoms with Crippen LogP contribution in [-0.2, 0) is 43.2 Å². The largest absolute Gasteiger partial charge is 0.368 e. The summed E-state index contributed by atoms with van der Waals surface area (Å²) in [5, 5.41) is 15.0. The smallest absolute Gasteiger partial charge is 0.243 e. The number of rotatable bonds is 19. The van der Waals surface area contributed by atoms with Crippen LogP contribution in [0.2, 0.25) is 0 Å². The molecule has 0 bridgehead atoms. The number of hydrogen-bond donors (Lipinski definition) is 8. The summed E-state index contributed by atoms with van der Waals surface area (Å²) in [6.45, 7) is 1.16. The SMILES string of the molecule is NCCCC[C@H](NC(=O)[C@H](Cc1c(F)c(F)c(F)c(F)c1F)NC(=O)[C@@H](Cc1cc2ccccc2s1)NC(=O)[C@@H](Cc1cc2ccccc2s1)NC(=O)C1(N)CCNCC1)C(N)=O. The zero-order chi connectivity index (χ0) is 45.4. The highest BCUT2D eigenvalue weighted by atomic mass is 32.1. The lowest BCUT2D eigenvalue weighted by atomic mass is 9.88. The number of benzene rings is 3. The van der Waals surface area contributed by atoms with Crippen molar-refractivity contribution in [2.75, 3.05) is 19.6 Å². The lowest BCUT2D eigenvalue weighted by Crippen LogP contribution is -2.63. The lowest BCUT2D eigenvalue weighted by Gasteiger charge is -2.34. The molecule has 1 fully saturated rings. The molecule has 2 aromatic heterocycles. The summed E-state index contributed by atoms with van der Waals surface area (Å²) in [7, 11) is 0. The van der Waals surface area contributed by atoms with Crippen LogP contribution in [0.5, 0.6) is 0 Å². The van der Waals surface area contributed by atoms with Gasteiger partial charge in [-0.1, -0.05) is 36.4 Å². The lowest BCUT2D eigenvalue weighted by molar-refractivity contribution is -0.135. The minimum atomic E-state index is -2.43. The summed E-state index contributed by atoms with van der Waals surface area (Å²) in [6.07, 6.45) is -0.245. The van der Waals surface area contributed by atoms with E-state index in [0.717, 1.165) is 20.2 Å². The normalized spacial score (nSPS) is 15.6. The van der Waals surface area contributed by atoms with Crippen molar-refractivity contribution in [1.29, 1.82) is 0 Å². The van der Waals surface area contributed by atoms with E-state index in [4.69, 9.17) is 17.2 Å². The number of nitrogens with one attached hydrogen (secondary N) is 5. The first-order valence-electron chi connectivity index (χ1n) is 20.2. The van der Waals surface area contributed by atoms with Crippen LogP contribution in [0.25, 0.3) is 20.2 Å². The summed E-state index contributed by atoms with van der Waals surface area (Å²) < 4.78 is 74.9. The molecule has 0 spiro atoms. The fourth-order valence-corrected chi connectivity index (χ4v) is 9.56. The van der Waals surface area contributed by atoms with Crippen molar-refractivity contribution < 1.29 is 45.9 Å². The Morgan fingerprint density at radius 3 is 1.56 bits per heavy atom. The molecule has 0 radical (unpaired) electrons. The minimum Gasteiger partial charge on any atom is -0.368 e. The maximum atomic E-state index is 15.1. The van der Waals surface area contributed by atoms with Crippen molar-refractivity contribution in [3.8, 4) is 0 Å². The van der Waals surface area contributed by atoms with Gasteiger partial charge in [-0.05, 0) is 86.8 Å². The first-order chi connectivity index (χ1) is 30.1. The molecule has 0 saturated carbocycles. The molecule has 20 heteroatoms. The molecule has 11 N–H and O–H groups in total. The number of carbonyl (C=O) groups is 5. The maximum Gasteiger partial charge on any atom is 0.243 e. The number of hydrogen-bond acceptors (Lipinski definition) is 10. The molecule has 3 aromatic carbocycles. The molecule has 6 rings (SSSR count). The standard InChI is InChI=1S/C43H47F5N8O5S2/c44-33-26(34(45)36(47)37(48)35(33)46)21-30(41(60)53-27(38(50)57)9-5-6-14-49)55-39(58)28(19-24-17-22-7-1-3-10-31(22)62-24)54-40(59)29(56-42(61)43(51)12-15-52-16-13-43)20-25-18-23-8-2-4-11-32(23)63-25/h1-4,7-8,10-11,17-18,27-30,52H,5-6,9,12-16,19-21,49,51H2,(H2,50,57)(H,53,60)(H,54,59)(H,55,58)(H,56,61)/t27-,28+,29+,30-/m0/s1. The molecule has 4 atom stereocenters. The Balaban J connectivity index is 1.35. The van der Waals surface area contributed by atoms with Gasteiger partial charge in [-0.15, -0.1) is 22.7 Å². The van der Waals surface area contributed by atoms with Crippen molar-refractivity contribution in [2.24, 2.45) is 17.2 Å². The van der Waals surface area contributed by atoms with Crippen molar-refractivity contribution in [3.63, 3.8) is 0 Å². The van der Waals surface area contributed by atoms with E-state index >= 15 is 8.78 Å². The third-order valence-electron chi connectivity index (χ3n) is 10.9. The Bertz CT molecular complexity index is 2400. The number of unbranched alkanes of at least 4 members (excludes halogenated alkanes) is 1. The number of nitrogens with two attached hydrogens (primary N) is 3. The Morgan fingerprint density at radius 2 is 1.08 bits per heavy atom. The van der Waals surface area contributed by atoms with Gasteiger partial charge in [0.05, 0.1) is 5.54 Å². The van der Waals surface area contributed by atoms with Crippen molar-refractivity contribution in [3.05, 3.63) is 105 Å². The molecule has 63 heavy (non-hydrogen) atoms. The highest BCUT2D eigenvalue weighted by Gasteiger charge is 2.39. The first kappa shape index (κ1) is 47.0. The number of piperidine rings is 1. The van der Waals surface area contributed by atoms with Crippen LogP contribution in [0.4, 0.5) is 22.0 Å². The Hall–Kier alpha value is -5.54. The number of carbonyl (C=O) groups excluding carboxylic acids is 5. The number of halogens is 5. The Kier molecular flexibility index (Phi) is 15.5. The van der Waals surface area contributed by atoms with Crippen molar-refractivity contribution in [2.45, 2.75) is 81.1 Å². The number of primary amides is 1. The second kappa shape index (κ2) is 20.8. The third kappa shape index (κ3) is 11.4. The highest BCUT2D eigenvalue weighted by Crippen LogP contribution is 2.29. The molecule has 5 aromatic rings. The predicted octanol–water partition coefficient (Wildman–Crippen LogP) is 3.47. The molecule has 1 aliphatic rings. The second-order valence-electron chi connectivity index (χ2n) is 15.5. The van der Waals surface area contributed by atoms with Crippen molar-refractivity contribution in [1.82, 2.24) is 26.6 Å². The van der Waals surface area contributed by atoms with Gasteiger partial charge in [-0.3, -0.25) is 24.0 Å². The van der Waals surface area contributed by atoms with Gasteiger partial charge >= 0.3 is 0 Å².